The highest BCUT2D eigenvalue weighted by Crippen LogP contribution is 2.04. The lowest BCUT2D eigenvalue weighted by Gasteiger charge is -2.18. The van der Waals surface area contributed by atoms with Gasteiger partial charge in [0.05, 0.1) is 0 Å². The number of rotatable bonds is 4. The standard InChI is InChI=1S/C8H15FN2S/c1-11(3-2-9)6-7-4-8(12)5-10-7/h7,10H,2-6H2,1H3. The summed E-state index contributed by atoms with van der Waals surface area (Å²) in [4.78, 5) is 3.08. The van der Waals surface area contributed by atoms with Crippen LogP contribution in [0.5, 0.6) is 0 Å². The topological polar surface area (TPSA) is 15.3 Å². The third-order valence-corrected chi connectivity index (χ3v) is 2.37. The van der Waals surface area contributed by atoms with Gasteiger partial charge in [0.1, 0.15) is 6.67 Å². The lowest BCUT2D eigenvalue weighted by atomic mass is 10.2. The highest BCUT2D eigenvalue weighted by Gasteiger charge is 2.19. The van der Waals surface area contributed by atoms with Crippen LogP contribution in [0.2, 0.25) is 0 Å². The Morgan fingerprint density at radius 3 is 3.00 bits per heavy atom. The van der Waals surface area contributed by atoms with Crippen LogP contribution in [0, 0.1) is 0 Å². The summed E-state index contributed by atoms with van der Waals surface area (Å²) in [5.41, 5.74) is 0. The highest BCUT2D eigenvalue weighted by atomic mass is 32.1. The molecule has 0 radical (unpaired) electrons. The largest absolute Gasteiger partial charge is 0.308 e. The van der Waals surface area contributed by atoms with Gasteiger partial charge in [-0.05, 0) is 13.5 Å². The second-order valence-electron chi connectivity index (χ2n) is 3.27. The molecule has 2 nitrogen and oxygen atoms in total. The average molecular weight is 190 g/mol. The van der Waals surface area contributed by atoms with Gasteiger partial charge in [0.25, 0.3) is 0 Å². The number of nitrogens with one attached hydrogen (secondary N) is 1. The van der Waals surface area contributed by atoms with Gasteiger partial charge in [0, 0.05) is 30.5 Å². The first kappa shape index (κ1) is 10.0. The summed E-state index contributed by atoms with van der Waals surface area (Å²) in [5.74, 6) is 0. The second-order valence-corrected chi connectivity index (χ2v) is 3.85. The van der Waals surface area contributed by atoms with Crippen molar-refractivity contribution in [2.24, 2.45) is 0 Å². The van der Waals surface area contributed by atoms with E-state index in [9.17, 15) is 4.39 Å². The summed E-state index contributed by atoms with van der Waals surface area (Å²) in [6.45, 7) is 1.99. The van der Waals surface area contributed by atoms with E-state index in [0.29, 0.717) is 12.6 Å². The Labute approximate surface area is 78.1 Å². The van der Waals surface area contributed by atoms with E-state index in [2.05, 4.69) is 5.32 Å². The van der Waals surface area contributed by atoms with Crippen molar-refractivity contribution < 1.29 is 4.39 Å². The molecule has 1 aliphatic heterocycles. The molecule has 1 saturated heterocycles. The van der Waals surface area contributed by atoms with E-state index in [0.717, 1.165) is 24.4 Å². The zero-order chi connectivity index (χ0) is 8.97. The number of nitrogens with zero attached hydrogens (tertiary/aromatic N) is 1. The third kappa shape index (κ3) is 3.13. The Kier molecular flexibility index (Phi) is 4.05. The molecule has 0 bridgehead atoms. The van der Waals surface area contributed by atoms with Crippen LogP contribution < -0.4 is 5.32 Å². The fraction of sp³-hybridized carbons (Fsp3) is 0.875. The van der Waals surface area contributed by atoms with Crippen molar-refractivity contribution in [2.75, 3.05) is 33.4 Å². The minimum absolute atomic E-state index is 0.270. The molecule has 0 aromatic rings. The Bertz CT molecular complexity index is 163. The molecule has 12 heavy (non-hydrogen) atoms. The van der Waals surface area contributed by atoms with Crippen LogP contribution >= 0.6 is 12.2 Å². The van der Waals surface area contributed by atoms with Crippen molar-refractivity contribution >= 4 is 17.1 Å². The Morgan fingerprint density at radius 2 is 2.50 bits per heavy atom. The van der Waals surface area contributed by atoms with E-state index in [1.54, 1.807) is 0 Å². The fourth-order valence-corrected chi connectivity index (χ4v) is 1.70. The van der Waals surface area contributed by atoms with E-state index in [-0.39, 0.29) is 6.67 Å². The van der Waals surface area contributed by atoms with Crippen LogP contribution in [0.3, 0.4) is 0 Å². The Balaban J connectivity index is 2.18. The first-order valence-electron chi connectivity index (χ1n) is 4.22. The maximum atomic E-state index is 11.9. The monoisotopic (exact) mass is 190 g/mol. The summed E-state index contributed by atoms with van der Waals surface area (Å²) in [7, 11) is 1.93. The summed E-state index contributed by atoms with van der Waals surface area (Å²) >= 11 is 5.06. The lowest BCUT2D eigenvalue weighted by molar-refractivity contribution is 0.273. The fourth-order valence-electron chi connectivity index (χ4n) is 1.42. The van der Waals surface area contributed by atoms with Crippen LogP contribution in [0.15, 0.2) is 0 Å². The molecule has 1 rings (SSSR count). The molecular weight excluding hydrogens is 175 g/mol. The first-order valence-corrected chi connectivity index (χ1v) is 4.63. The SMILES string of the molecule is CN(CCF)CC1CC(=S)CN1. The Hall–Kier alpha value is -0.0600. The predicted molar refractivity (Wildman–Crippen MR) is 52.5 cm³/mol. The number of hydrogen-bond donors (Lipinski definition) is 1. The Morgan fingerprint density at radius 1 is 1.75 bits per heavy atom. The molecule has 1 heterocycles. The molecule has 1 N–H and O–H groups in total. The minimum Gasteiger partial charge on any atom is -0.308 e. The molecule has 0 amide bonds. The predicted octanol–water partition coefficient (Wildman–Crippen LogP) is 0.619. The molecular formula is C8H15FN2S. The molecule has 4 heteroatoms. The maximum absolute atomic E-state index is 11.9. The molecule has 1 fully saturated rings. The minimum atomic E-state index is -0.270. The van der Waals surface area contributed by atoms with E-state index in [1.165, 1.54) is 0 Å². The zero-order valence-corrected chi connectivity index (χ0v) is 8.16. The second kappa shape index (κ2) is 4.84. The quantitative estimate of drug-likeness (QED) is 0.654. The van der Waals surface area contributed by atoms with Crippen LogP contribution in [-0.4, -0.2) is 49.2 Å². The van der Waals surface area contributed by atoms with E-state index >= 15 is 0 Å². The number of halogens is 1. The van der Waals surface area contributed by atoms with Gasteiger partial charge < -0.3 is 10.2 Å². The molecule has 0 saturated carbocycles. The van der Waals surface area contributed by atoms with E-state index in [1.807, 2.05) is 11.9 Å². The molecule has 0 aliphatic carbocycles. The van der Waals surface area contributed by atoms with Crippen molar-refractivity contribution in [1.29, 1.82) is 0 Å². The van der Waals surface area contributed by atoms with Crippen LogP contribution in [-0.2, 0) is 0 Å². The summed E-state index contributed by atoms with van der Waals surface area (Å²) in [6.07, 6.45) is 0.964. The van der Waals surface area contributed by atoms with E-state index in [4.69, 9.17) is 12.2 Å². The van der Waals surface area contributed by atoms with Crippen molar-refractivity contribution in [3.8, 4) is 0 Å². The molecule has 0 aromatic heterocycles. The molecule has 1 atom stereocenters. The number of hydrogen-bond acceptors (Lipinski definition) is 3. The van der Waals surface area contributed by atoms with Crippen molar-refractivity contribution in [2.45, 2.75) is 12.5 Å². The first-order chi connectivity index (χ1) is 5.72. The normalized spacial score (nSPS) is 23.9. The molecule has 1 unspecified atom stereocenters. The zero-order valence-electron chi connectivity index (χ0n) is 7.35. The smallest absolute Gasteiger partial charge is 0.102 e. The van der Waals surface area contributed by atoms with Crippen LogP contribution in [0.4, 0.5) is 4.39 Å². The highest BCUT2D eigenvalue weighted by molar-refractivity contribution is 7.80. The number of alkyl halides is 1. The summed E-state index contributed by atoms with van der Waals surface area (Å²) < 4.78 is 11.9. The van der Waals surface area contributed by atoms with Crippen LogP contribution in [0.25, 0.3) is 0 Å². The van der Waals surface area contributed by atoms with E-state index < -0.39 is 0 Å². The molecule has 0 aromatic carbocycles. The molecule has 1 aliphatic rings. The van der Waals surface area contributed by atoms with Gasteiger partial charge in [0.2, 0.25) is 0 Å². The van der Waals surface area contributed by atoms with Gasteiger partial charge in [-0.2, -0.15) is 0 Å². The maximum Gasteiger partial charge on any atom is 0.102 e. The van der Waals surface area contributed by atoms with Crippen molar-refractivity contribution in [3.63, 3.8) is 0 Å². The van der Waals surface area contributed by atoms with Gasteiger partial charge in [-0.15, -0.1) is 0 Å². The number of likely N-dealkylation sites (N-methyl/N-ethyl adjacent to an activating group) is 1. The lowest BCUT2D eigenvalue weighted by Crippen LogP contribution is -2.36. The average Bonchev–Trinajstić information content (AvgIpc) is 2.36. The number of thiocarbonyl (C=S) groups is 1. The van der Waals surface area contributed by atoms with Gasteiger partial charge in [-0.25, -0.2) is 4.39 Å². The third-order valence-electron chi connectivity index (χ3n) is 2.06. The summed E-state index contributed by atoms with van der Waals surface area (Å²) in [6, 6.07) is 0.439. The summed E-state index contributed by atoms with van der Waals surface area (Å²) in [5, 5.41) is 3.29. The van der Waals surface area contributed by atoms with Gasteiger partial charge in [-0.1, -0.05) is 12.2 Å². The van der Waals surface area contributed by atoms with Gasteiger partial charge >= 0.3 is 0 Å². The van der Waals surface area contributed by atoms with Gasteiger partial charge in [-0.3, -0.25) is 0 Å². The molecule has 0 spiro atoms. The molecule has 70 valence electrons. The van der Waals surface area contributed by atoms with Crippen molar-refractivity contribution in [1.82, 2.24) is 10.2 Å². The van der Waals surface area contributed by atoms with Crippen LogP contribution in [0.1, 0.15) is 6.42 Å². The van der Waals surface area contributed by atoms with Gasteiger partial charge in [0.15, 0.2) is 0 Å². The van der Waals surface area contributed by atoms with Crippen molar-refractivity contribution in [3.05, 3.63) is 0 Å².